The van der Waals surface area contributed by atoms with Crippen LogP contribution in [-0.2, 0) is 0 Å². The molecule has 0 spiro atoms. The molecule has 2 heteroatoms. The average Bonchev–Trinajstić information content (AvgIpc) is 2.91. The molecule has 0 saturated heterocycles. The first-order valence-corrected chi connectivity index (χ1v) is 6.52. The maximum absolute atomic E-state index is 3.61. The van der Waals surface area contributed by atoms with Crippen LogP contribution in [0.4, 0.5) is 0 Å². The van der Waals surface area contributed by atoms with Gasteiger partial charge in [0.2, 0.25) is 0 Å². The van der Waals surface area contributed by atoms with Gasteiger partial charge in [0, 0.05) is 6.04 Å². The van der Waals surface area contributed by atoms with E-state index in [1.165, 1.54) is 18.4 Å². The Morgan fingerprint density at radius 3 is 2.86 bits per heavy atom. The highest BCUT2D eigenvalue weighted by atomic mass is 32.1. The normalized spacial score (nSPS) is 20.7. The van der Waals surface area contributed by atoms with Crippen molar-refractivity contribution in [3.05, 3.63) is 22.4 Å². The van der Waals surface area contributed by atoms with E-state index in [2.05, 4.69) is 36.0 Å². The Kier molecular flexibility index (Phi) is 3.24. The van der Waals surface area contributed by atoms with E-state index in [4.69, 9.17) is 0 Å². The summed E-state index contributed by atoms with van der Waals surface area (Å²) < 4.78 is 0. The van der Waals surface area contributed by atoms with Gasteiger partial charge in [-0.3, -0.25) is 0 Å². The van der Waals surface area contributed by atoms with Crippen LogP contribution in [0.3, 0.4) is 0 Å². The minimum atomic E-state index is 0.582. The van der Waals surface area contributed by atoms with Crippen molar-refractivity contribution in [2.45, 2.75) is 32.7 Å². The maximum Gasteiger partial charge on any atom is 0.0356 e. The Bertz CT molecular complexity index is 264. The highest BCUT2D eigenvalue weighted by Gasteiger charge is 2.33. The van der Waals surface area contributed by atoms with E-state index in [0.717, 1.165) is 18.4 Å². The number of nitrogens with one attached hydrogen (secondary N) is 1. The van der Waals surface area contributed by atoms with Crippen molar-refractivity contribution >= 4 is 11.3 Å². The molecule has 2 rings (SSSR count). The molecule has 1 N–H and O–H groups in total. The molecule has 0 bridgehead atoms. The van der Waals surface area contributed by atoms with Gasteiger partial charge in [0.15, 0.2) is 0 Å². The highest BCUT2D eigenvalue weighted by molar-refractivity contribution is 7.07. The van der Waals surface area contributed by atoms with Crippen molar-refractivity contribution in [2.75, 3.05) is 6.54 Å². The third-order valence-corrected chi connectivity index (χ3v) is 3.92. The van der Waals surface area contributed by atoms with Crippen LogP contribution < -0.4 is 5.32 Å². The summed E-state index contributed by atoms with van der Waals surface area (Å²) in [5, 5.41) is 8.08. The maximum atomic E-state index is 3.61. The highest BCUT2D eigenvalue weighted by Crippen LogP contribution is 2.42. The lowest BCUT2D eigenvalue weighted by Crippen LogP contribution is -2.27. The summed E-state index contributed by atoms with van der Waals surface area (Å²) in [6.07, 6.45) is 2.88. The summed E-state index contributed by atoms with van der Waals surface area (Å²) >= 11 is 1.80. The van der Waals surface area contributed by atoms with Crippen LogP contribution >= 0.6 is 11.3 Å². The molecule has 1 fully saturated rings. The molecule has 0 radical (unpaired) electrons. The van der Waals surface area contributed by atoms with E-state index in [0.29, 0.717) is 6.04 Å². The summed E-state index contributed by atoms with van der Waals surface area (Å²) in [5.41, 5.74) is 1.48. The van der Waals surface area contributed by atoms with Crippen LogP contribution in [0.25, 0.3) is 0 Å². The number of hydrogen-bond acceptors (Lipinski definition) is 2. The summed E-state index contributed by atoms with van der Waals surface area (Å²) in [5.74, 6) is 1.77. The first-order valence-electron chi connectivity index (χ1n) is 5.58. The van der Waals surface area contributed by atoms with Gasteiger partial charge in [-0.1, -0.05) is 13.8 Å². The molecule has 0 aromatic carbocycles. The Morgan fingerprint density at radius 2 is 2.36 bits per heavy atom. The molecule has 0 aliphatic heterocycles. The topological polar surface area (TPSA) is 12.0 Å². The predicted octanol–water partition coefficient (Wildman–Crippen LogP) is 3.44. The van der Waals surface area contributed by atoms with Gasteiger partial charge >= 0.3 is 0 Å². The van der Waals surface area contributed by atoms with Crippen LogP contribution in [-0.4, -0.2) is 6.54 Å². The van der Waals surface area contributed by atoms with Crippen molar-refractivity contribution < 1.29 is 0 Å². The molecule has 1 nitrogen and oxygen atoms in total. The first kappa shape index (κ1) is 10.2. The quantitative estimate of drug-likeness (QED) is 0.783. The van der Waals surface area contributed by atoms with E-state index in [9.17, 15) is 0 Å². The monoisotopic (exact) mass is 209 g/mol. The van der Waals surface area contributed by atoms with Crippen LogP contribution in [0.2, 0.25) is 0 Å². The predicted molar refractivity (Wildman–Crippen MR) is 62.6 cm³/mol. The molecule has 78 valence electrons. The van der Waals surface area contributed by atoms with Crippen molar-refractivity contribution in [3.8, 4) is 0 Å². The van der Waals surface area contributed by atoms with E-state index in [1.54, 1.807) is 11.3 Å². The first-order chi connectivity index (χ1) is 6.83. The third kappa shape index (κ3) is 2.18. The Hall–Kier alpha value is -0.340. The molecule has 14 heavy (non-hydrogen) atoms. The second-order valence-electron chi connectivity index (χ2n) is 4.29. The molecule has 1 aliphatic carbocycles. The lowest BCUT2D eigenvalue weighted by atomic mass is 9.92. The summed E-state index contributed by atoms with van der Waals surface area (Å²) in [6.45, 7) is 5.65. The minimum absolute atomic E-state index is 0.582. The molecule has 1 heterocycles. The Labute approximate surface area is 90.5 Å². The standard InChI is InChI=1S/C12H19NS/c1-3-13-12(9(2)10-4-5-10)11-6-7-14-8-11/h6-10,12-13H,3-5H2,1-2H3. The van der Waals surface area contributed by atoms with Crippen LogP contribution in [0, 0.1) is 11.8 Å². The van der Waals surface area contributed by atoms with Crippen molar-refractivity contribution in [3.63, 3.8) is 0 Å². The number of rotatable bonds is 5. The van der Waals surface area contributed by atoms with Gasteiger partial charge in [-0.2, -0.15) is 11.3 Å². The van der Waals surface area contributed by atoms with Crippen LogP contribution in [0.5, 0.6) is 0 Å². The fourth-order valence-electron chi connectivity index (χ4n) is 2.17. The summed E-state index contributed by atoms with van der Waals surface area (Å²) in [4.78, 5) is 0. The zero-order valence-corrected chi connectivity index (χ0v) is 9.81. The van der Waals surface area contributed by atoms with Gasteiger partial charge in [-0.25, -0.2) is 0 Å². The molecule has 1 saturated carbocycles. The lowest BCUT2D eigenvalue weighted by molar-refractivity contribution is 0.356. The molecule has 1 aromatic heterocycles. The fourth-order valence-corrected chi connectivity index (χ4v) is 2.87. The summed E-state index contributed by atoms with van der Waals surface area (Å²) in [7, 11) is 0. The van der Waals surface area contributed by atoms with Gasteiger partial charge < -0.3 is 5.32 Å². The van der Waals surface area contributed by atoms with E-state index in [-0.39, 0.29) is 0 Å². The van der Waals surface area contributed by atoms with Crippen molar-refractivity contribution in [1.82, 2.24) is 5.32 Å². The second-order valence-corrected chi connectivity index (χ2v) is 5.07. The lowest BCUT2D eigenvalue weighted by Gasteiger charge is -2.24. The van der Waals surface area contributed by atoms with Crippen molar-refractivity contribution in [1.29, 1.82) is 0 Å². The largest absolute Gasteiger partial charge is 0.310 e. The molecule has 0 amide bonds. The Balaban J connectivity index is 2.06. The number of hydrogen-bond donors (Lipinski definition) is 1. The van der Waals surface area contributed by atoms with Crippen molar-refractivity contribution in [2.24, 2.45) is 11.8 Å². The summed E-state index contributed by atoms with van der Waals surface area (Å²) in [6, 6.07) is 2.84. The molecular weight excluding hydrogens is 190 g/mol. The van der Waals surface area contributed by atoms with Gasteiger partial charge in [-0.05, 0) is 53.6 Å². The van der Waals surface area contributed by atoms with Gasteiger partial charge in [0.25, 0.3) is 0 Å². The number of thiophene rings is 1. The van der Waals surface area contributed by atoms with Gasteiger partial charge in [0.05, 0.1) is 0 Å². The third-order valence-electron chi connectivity index (χ3n) is 3.22. The average molecular weight is 209 g/mol. The van der Waals surface area contributed by atoms with Gasteiger partial charge in [0.1, 0.15) is 0 Å². The molecule has 1 aromatic rings. The van der Waals surface area contributed by atoms with Crippen LogP contribution in [0.1, 0.15) is 38.3 Å². The van der Waals surface area contributed by atoms with Gasteiger partial charge in [-0.15, -0.1) is 0 Å². The van der Waals surface area contributed by atoms with E-state index >= 15 is 0 Å². The SMILES string of the molecule is CCNC(c1ccsc1)C(C)C1CC1. The molecular formula is C12H19NS. The molecule has 1 aliphatic rings. The zero-order chi connectivity index (χ0) is 9.97. The zero-order valence-electron chi connectivity index (χ0n) is 8.99. The molecule has 2 unspecified atom stereocenters. The van der Waals surface area contributed by atoms with E-state index < -0.39 is 0 Å². The Morgan fingerprint density at radius 1 is 1.57 bits per heavy atom. The van der Waals surface area contributed by atoms with Crippen LogP contribution in [0.15, 0.2) is 16.8 Å². The smallest absolute Gasteiger partial charge is 0.0356 e. The minimum Gasteiger partial charge on any atom is -0.310 e. The second kappa shape index (κ2) is 4.45. The van der Waals surface area contributed by atoms with E-state index in [1.807, 2.05) is 0 Å². The molecule has 2 atom stereocenters. The fraction of sp³-hybridized carbons (Fsp3) is 0.667.